The minimum Gasteiger partial charge on any atom is -0.449 e. The lowest BCUT2D eigenvalue weighted by atomic mass is 10.2. The lowest BCUT2D eigenvalue weighted by Gasteiger charge is -1.95. The summed E-state index contributed by atoms with van der Waals surface area (Å²) in [6.07, 6.45) is 1.17. The Hall–Kier alpha value is -0.970. The van der Waals surface area contributed by atoms with E-state index in [0.717, 1.165) is 6.42 Å². The van der Waals surface area contributed by atoms with E-state index in [1.807, 2.05) is 0 Å². The van der Waals surface area contributed by atoms with Crippen LogP contribution < -0.4 is 0 Å². The van der Waals surface area contributed by atoms with E-state index >= 15 is 0 Å². The van der Waals surface area contributed by atoms with E-state index in [2.05, 4.69) is 11.8 Å². The highest BCUT2D eigenvalue weighted by atomic mass is 16.5. The monoisotopic (exact) mass is 124 g/mol. The molecule has 0 aromatic carbocycles. The third-order valence-corrected chi connectivity index (χ3v) is 1.19. The van der Waals surface area contributed by atoms with Crippen LogP contribution in [0.4, 0.5) is 0 Å². The van der Waals surface area contributed by atoms with Crippen LogP contribution >= 0.6 is 0 Å². The number of carbonyl (C=O) groups is 1. The van der Waals surface area contributed by atoms with Crippen LogP contribution in [0.1, 0.15) is 19.8 Å². The van der Waals surface area contributed by atoms with E-state index in [9.17, 15) is 4.79 Å². The molecule has 0 saturated carbocycles. The summed E-state index contributed by atoms with van der Waals surface area (Å²) in [5.41, 5.74) is 0. The number of ether oxygens (including phenoxy) is 1. The summed E-state index contributed by atoms with van der Waals surface area (Å²) in [4.78, 5) is 10.4. The molecular formula is C7H8O2. The fraction of sp³-hybridized carbons (Fsp3) is 0.571. The highest BCUT2D eigenvalue weighted by molar-refractivity contribution is 5.72. The lowest BCUT2D eigenvalue weighted by Crippen LogP contribution is -2.02. The first-order valence-corrected chi connectivity index (χ1v) is 2.94. The number of esters is 1. The second-order valence-electron chi connectivity index (χ2n) is 1.91. The van der Waals surface area contributed by atoms with Gasteiger partial charge < -0.3 is 4.74 Å². The van der Waals surface area contributed by atoms with Crippen LogP contribution in [-0.4, -0.2) is 12.1 Å². The smallest absolute Gasteiger partial charge is 0.307 e. The van der Waals surface area contributed by atoms with Gasteiger partial charge in [0, 0.05) is 6.42 Å². The van der Waals surface area contributed by atoms with E-state index in [1.165, 1.54) is 0 Å². The van der Waals surface area contributed by atoms with Crippen LogP contribution in [0, 0.1) is 11.8 Å². The third-order valence-electron chi connectivity index (χ3n) is 1.19. The predicted octanol–water partition coefficient (Wildman–Crippen LogP) is 0.715. The summed E-state index contributed by atoms with van der Waals surface area (Å²) in [7, 11) is 0. The van der Waals surface area contributed by atoms with Gasteiger partial charge in [0.2, 0.25) is 0 Å². The van der Waals surface area contributed by atoms with Gasteiger partial charge in [-0.25, -0.2) is 0 Å². The van der Waals surface area contributed by atoms with Crippen molar-refractivity contribution in [2.45, 2.75) is 25.9 Å². The van der Waals surface area contributed by atoms with Crippen LogP contribution in [0.5, 0.6) is 0 Å². The van der Waals surface area contributed by atoms with Gasteiger partial charge in [-0.05, 0) is 6.92 Å². The molecule has 48 valence electrons. The predicted molar refractivity (Wildman–Crippen MR) is 32.6 cm³/mol. The summed E-state index contributed by atoms with van der Waals surface area (Å²) >= 11 is 0. The number of cyclic esters (lactones) is 1. The molecule has 1 rings (SSSR count). The Morgan fingerprint density at radius 1 is 1.78 bits per heavy atom. The Morgan fingerprint density at radius 3 is 3.00 bits per heavy atom. The quantitative estimate of drug-likeness (QED) is 0.351. The first-order chi connectivity index (χ1) is 4.33. The first kappa shape index (κ1) is 6.15. The number of hydrogen-bond acceptors (Lipinski definition) is 2. The number of hydrogen-bond donors (Lipinski definition) is 0. The molecule has 0 N–H and O–H groups in total. The van der Waals surface area contributed by atoms with Gasteiger partial charge in [-0.1, -0.05) is 5.92 Å². The molecule has 2 heteroatoms. The molecule has 1 heterocycles. The van der Waals surface area contributed by atoms with E-state index < -0.39 is 0 Å². The fourth-order valence-electron chi connectivity index (χ4n) is 0.788. The van der Waals surface area contributed by atoms with E-state index in [0.29, 0.717) is 6.42 Å². The Balaban J connectivity index is 2.45. The molecule has 0 amide bonds. The van der Waals surface area contributed by atoms with Gasteiger partial charge in [-0.15, -0.1) is 5.92 Å². The number of carbonyl (C=O) groups excluding carboxylic acids is 1. The molecule has 0 aliphatic carbocycles. The Kier molecular flexibility index (Phi) is 1.74. The summed E-state index contributed by atoms with van der Waals surface area (Å²) in [5, 5.41) is 0. The van der Waals surface area contributed by atoms with Crippen molar-refractivity contribution < 1.29 is 9.53 Å². The van der Waals surface area contributed by atoms with Gasteiger partial charge in [0.25, 0.3) is 0 Å². The molecule has 0 radical (unpaired) electrons. The van der Waals surface area contributed by atoms with E-state index in [4.69, 9.17) is 4.74 Å². The van der Waals surface area contributed by atoms with Crippen LogP contribution in [0.3, 0.4) is 0 Å². The normalized spacial score (nSPS) is 24.6. The van der Waals surface area contributed by atoms with Gasteiger partial charge in [-0.3, -0.25) is 4.79 Å². The molecule has 1 aliphatic rings. The SMILES string of the molecule is CC#CC1CCC(=O)O1. The van der Waals surface area contributed by atoms with Crippen molar-refractivity contribution in [1.82, 2.24) is 0 Å². The van der Waals surface area contributed by atoms with Gasteiger partial charge in [0.15, 0.2) is 6.10 Å². The zero-order valence-electron chi connectivity index (χ0n) is 5.31. The summed E-state index contributed by atoms with van der Waals surface area (Å²) in [6.45, 7) is 1.74. The Labute approximate surface area is 54.2 Å². The summed E-state index contributed by atoms with van der Waals surface area (Å²) in [5.74, 6) is 5.36. The number of rotatable bonds is 0. The van der Waals surface area contributed by atoms with Crippen LogP contribution in [0.15, 0.2) is 0 Å². The molecular weight excluding hydrogens is 116 g/mol. The van der Waals surface area contributed by atoms with E-state index in [-0.39, 0.29) is 12.1 Å². The Bertz CT molecular complexity index is 173. The van der Waals surface area contributed by atoms with Gasteiger partial charge in [0.1, 0.15) is 0 Å². The zero-order chi connectivity index (χ0) is 6.69. The molecule has 1 aliphatic heterocycles. The molecule has 2 nitrogen and oxygen atoms in total. The first-order valence-electron chi connectivity index (χ1n) is 2.94. The average Bonchev–Trinajstić information content (AvgIpc) is 2.17. The minimum atomic E-state index is -0.123. The maximum Gasteiger partial charge on any atom is 0.307 e. The molecule has 1 fully saturated rings. The van der Waals surface area contributed by atoms with Crippen molar-refractivity contribution in [1.29, 1.82) is 0 Å². The largest absolute Gasteiger partial charge is 0.449 e. The van der Waals surface area contributed by atoms with Crippen molar-refractivity contribution in [3.63, 3.8) is 0 Å². The maximum absolute atomic E-state index is 10.4. The molecule has 0 spiro atoms. The standard InChI is InChI=1S/C7H8O2/c1-2-3-6-4-5-7(8)9-6/h6H,4-5H2,1H3. The second kappa shape index (κ2) is 2.54. The van der Waals surface area contributed by atoms with Gasteiger partial charge in [-0.2, -0.15) is 0 Å². The minimum absolute atomic E-state index is 0.122. The highest BCUT2D eigenvalue weighted by Gasteiger charge is 2.20. The molecule has 9 heavy (non-hydrogen) atoms. The molecule has 1 unspecified atom stereocenters. The van der Waals surface area contributed by atoms with Gasteiger partial charge in [0.05, 0.1) is 6.42 Å². The third kappa shape index (κ3) is 1.46. The van der Waals surface area contributed by atoms with Crippen molar-refractivity contribution in [2.24, 2.45) is 0 Å². The molecule has 1 atom stereocenters. The van der Waals surface area contributed by atoms with Crippen LogP contribution in [0.2, 0.25) is 0 Å². The molecule has 0 bridgehead atoms. The topological polar surface area (TPSA) is 26.3 Å². The zero-order valence-corrected chi connectivity index (χ0v) is 5.31. The second-order valence-corrected chi connectivity index (χ2v) is 1.91. The van der Waals surface area contributed by atoms with Crippen LogP contribution in [-0.2, 0) is 9.53 Å². The van der Waals surface area contributed by atoms with Crippen molar-refractivity contribution >= 4 is 5.97 Å². The van der Waals surface area contributed by atoms with Crippen LogP contribution in [0.25, 0.3) is 0 Å². The van der Waals surface area contributed by atoms with Crippen molar-refractivity contribution in [3.05, 3.63) is 0 Å². The lowest BCUT2D eigenvalue weighted by molar-refractivity contribution is -0.139. The average molecular weight is 124 g/mol. The van der Waals surface area contributed by atoms with Crippen molar-refractivity contribution in [3.8, 4) is 11.8 Å². The van der Waals surface area contributed by atoms with Gasteiger partial charge >= 0.3 is 5.97 Å². The summed E-state index contributed by atoms with van der Waals surface area (Å²) < 4.78 is 4.79. The highest BCUT2D eigenvalue weighted by Crippen LogP contribution is 2.11. The summed E-state index contributed by atoms with van der Waals surface area (Å²) in [6, 6.07) is 0. The fourth-order valence-corrected chi connectivity index (χ4v) is 0.788. The molecule has 0 aromatic heterocycles. The van der Waals surface area contributed by atoms with E-state index in [1.54, 1.807) is 6.92 Å². The van der Waals surface area contributed by atoms with Crippen molar-refractivity contribution in [2.75, 3.05) is 0 Å². The molecule has 1 saturated heterocycles. The Morgan fingerprint density at radius 2 is 2.56 bits per heavy atom. The molecule has 0 aromatic rings. The maximum atomic E-state index is 10.4.